The minimum atomic E-state index is -0.881. The smallest absolute Gasteiger partial charge is 0.325 e. The number of likely N-dealkylation sites (tertiary alicyclic amines) is 1. The number of carbonyl (C=O) groups excluding carboxylic acids is 3. The lowest BCUT2D eigenvalue weighted by atomic mass is 9.85. The lowest BCUT2D eigenvalue weighted by molar-refractivity contribution is -0.152. The van der Waals surface area contributed by atoms with Gasteiger partial charge in [0.15, 0.2) is 0 Å². The Balaban J connectivity index is 1.45. The maximum atomic E-state index is 12.8. The third-order valence-corrected chi connectivity index (χ3v) is 6.04. The highest BCUT2D eigenvalue weighted by Crippen LogP contribution is 2.34. The molecule has 8 nitrogen and oxygen atoms in total. The van der Waals surface area contributed by atoms with Crippen molar-refractivity contribution in [1.29, 1.82) is 0 Å². The third kappa shape index (κ3) is 3.38. The molecule has 0 radical (unpaired) electrons. The number of urea groups is 1. The second-order valence-electron chi connectivity index (χ2n) is 7.81. The summed E-state index contributed by atoms with van der Waals surface area (Å²) in [4.78, 5) is 43.4. The summed E-state index contributed by atoms with van der Waals surface area (Å²) in [6.45, 7) is 3.21. The van der Waals surface area contributed by atoms with Gasteiger partial charge in [-0.15, -0.1) is 0 Å². The van der Waals surface area contributed by atoms with E-state index in [1.54, 1.807) is 9.80 Å². The van der Waals surface area contributed by atoms with Crippen molar-refractivity contribution in [2.24, 2.45) is 0 Å². The van der Waals surface area contributed by atoms with Crippen LogP contribution in [0.4, 0.5) is 4.79 Å². The van der Waals surface area contributed by atoms with E-state index >= 15 is 0 Å². The van der Waals surface area contributed by atoms with Crippen molar-refractivity contribution in [2.45, 2.75) is 31.0 Å². The largest absolute Gasteiger partial charge is 0.366 e. The van der Waals surface area contributed by atoms with Crippen molar-refractivity contribution in [3.8, 4) is 0 Å². The molecule has 3 aliphatic rings. The number of imide groups is 1. The third-order valence-electron chi connectivity index (χ3n) is 6.04. The fourth-order valence-corrected chi connectivity index (χ4v) is 4.31. The molecule has 0 aliphatic carbocycles. The van der Waals surface area contributed by atoms with Crippen LogP contribution in [0.2, 0.25) is 0 Å². The summed E-state index contributed by atoms with van der Waals surface area (Å²) in [6, 6.07) is 9.29. The highest BCUT2D eigenvalue weighted by molar-refractivity contribution is 6.07. The standard InChI is InChI=1S/C20H26N4O4/c1-22-11-12-28-16(14-22)17(25)23-9-7-20(8-10-23)18(26)21-19(27)24(20)13-15-5-3-2-4-6-15/h2-6,16H,7-14H2,1H3,(H,21,26,27). The van der Waals surface area contributed by atoms with Crippen molar-refractivity contribution >= 4 is 17.8 Å². The fourth-order valence-electron chi connectivity index (χ4n) is 4.31. The van der Waals surface area contributed by atoms with E-state index in [0.717, 1.165) is 12.1 Å². The van der Waals surface area contributed by atoms with Crippen LogP contribution >= 0.6 is 0 Å². The quantitative estimate of drug-likeness (QED) is 0.762. The number of piperidine rings is 1. The number of nitrogens with zero attached hydrogens (tertiary/aromatic N) is 3. The van der Waals surface area contributed by atoms with Gasteiger partial charge in [0.1, 0.15) is 11.6 Å². The van der Waals surface area contributed by atoms with Crippen LogP contribution in [0.1, 0.15) is 18.4 Å². The molecule has 1 atom stereocenters. The maximum absolute atomic E-state index is 12.8. The molecule has 28 heavy (non-hydrogen) atoms. The highest BCUT2D eigenvalue weighted by atomic mass is 16.5. The van der Waals surface area contributed by atoms with Crippen LogP contribution in [0.25, 0.3) is 0 Å². The van der Waals surface area contributed by atoms with Crippen molar-refractivity contribution in [2.75, 3.05) is 39.8 Å². The van der Waals surface area contributed by atoms with E-state index in [4.69, 9.17) is 4.74 Å². The summed E-state index contributed by atoms with van der Waals surface area (Å²) in [5.74, 6) is -0.282. The molecule has 3 fully saturated rings. The lowest BCUT2D eigenvalue weighted by Crippen LogP contribution is -2.59. The zero-order chi connectivity index (χ0) is 19.7. The number of amides is 4. The van der Waals surface area contributed by atoms with Crippen molar-refractivity contribution in [3.63, 3.8) is 0 Å². The van der Waals surface area contributed by atoms with E-state index in [9.17, 15) is 14.4 Å². The van der Waals surface area contributed by atoms with Crippen molar-refractivity contribution < 1.29 is 19.1 Å². The van der Waals surface area contributed by atoms with Gasteiger partial charge in [-0.2, -0.15) is 0 Å². The van der Waals surface area contributed by atoms with Crippen LogP contribution in [0.3, 0.4) is 0 Å². The molecule has 1 spiro atoms. The topological polar surface area (TPSA) is 82.2 Å². The molecular formula is C20H26N4O4. The van der Waals surface area contributed by atoms with Gasteiger partial charge in [-0.1, -0.05) is 30.3 Å². The molecular weight excluding hydrogens is 360 g/mol. The van der Waals surface area contributed by atoms with Gasteiger partial charge in [0.05, 0.1) is 6.61 Å². The summed E-state index contributed by atoms with van der Waals surface area (Å²) in [5.41, 5.74) is 0.0948. The zero-order valence-electron chi connectivity index (χ0n) is 16.1. The van der Waals surface area contributed by atoms with Gasteiger partial charge >= 0.3 is 6.03 Å². The summed E-state index contributed by atoms with van der Waals surface area (Å²) in [5, 5.41) is 2.47. The Morgan fingerprint density at radius 1 is 1.18 bits per heavy atom. The number of benzene rings is 1. The van der Waals surface area contributed by atoms with E-state index < -0.39 is 11.6 Å². The molecule has 3 aliphatic heterocycles. The predicted molar refractivity (Wildman–Crippen MR) is 101 cm³/mol. The predicted octanol–water partition coefficient (Wildman–Crippen LogP) is 0.430. The minimum absolute atomic E-state index is 0.0271. The van der Waals surface area contributed by atoms with Crippen LogP contribution < -0.4 is 5.32 Å². The number of likely N-dealkylation sites (N-methyl/N-ethyl adjacent to an activating group) is 1. The molecule has 0 aromatic heterocycles. The molecule has 1 aromatic carbocycles. The number of carbonyl (C=O) groups is 3. The summed E-state index contributed by atoms with van der Waals surface area (Å²) >= 11 is 0. The number of ether oxygens (including phenoxy) is 1. The van der Waals surface area contributed by atoms with E-state index in [1.807, 2.05) is 37.4 Å². The monoisotopic (exact) mass is 386 g/mol. The number of rotatable bonds is 3. The van der Waals surface area contributed by atoms with E-state index in [2.05, 4.69) is 10.2 Å². The second-order valence-corrected chi connectivity index (χ2v) is 7.81. The Kier molecular flexibility index (Phi) is 5.07. The fraction of sp³-hybridized carbons (Fsp3) is 0.550. The Morgan fingerprint density at radius 3 is 2.57 bits per heavy atom. The van der Waals surface area contributed by atoms with Gasteiger partial charge in [0.25, 0.3) is 11.8 Å². The van der Waals surface area contributed by atoms with Crippen LogP contribution in [0.5, 0.6) is 0 Å². The van der Waals surface area contributed by atoms with Crippen molar-refractivity contribution in [1.82, 2.24) is 20.0 Å². The first kappa shape index (κ1) is 18.9. The molecule has 3 saturated heterocycles. The first-order valence-electron chi connectivity index (χ1n) is 9.75. The Labute approximate surface area is 164 Å². The van der Waals surface area contributed by atoms with Gasteiger partial charge in [0.2, 0.25) is 0 Å². The molecule has 150 valence electrons. The van der Waals surface area contributed by atoms with Gasteiger partial charge in [0, 0.05) is 32.7 Å². The van der Waals surface area contributed by atoms with E-state index in [-0.39, 0.29) is 17.8 Å². The van der Waals surface area contributed by atoms with E-state index in [1.165, 1.54) is 0 Å². The Morgan fingerprint density at radius 2 is 1.89 bits per heavy atom. The first-order chi connectivity index (χ1) is 13.5. The van der Waals surface area contributed by atoms with Gasteiger partial charge in [-0.05, 0) is 25.5 Å². The van der Waals surface area contributed by atoms with Crippen LogP contribution in [-0.4, -0.2) is 84.0 Å². The molecule has 8 heteroatoms. The minimum Gasteiger partial charge on any atom is -0.366 e. The van der Waals surface area contributed by atoms with Crippen LogP contribution in [0, 0.1) is 0 Å². The molecule has 1 N–H and O–H groups in total. The maximum Gasteiger partial charge on any atom is 0.325 e. The molecule has 1 aromatic rings. The summed E-state index contributed by atoms with van der Waals surface area (Å²) in [6.07, 6.45) is 0.421. The van der Waals surface area contributed by atoms with Gasteiger partial charge in [-0.3, -0.25) is 14.9 Å². The number of hydrogen-bond donors (Lipinski definition) is 1. The second kappa shape index (κ2) is 7.52. The molecule has 0 bridgehead atoms. The average Bonchev–Trinajstić information content (AvgIpc) is 2.93. The van der Waals surface area contributed by atoms with Crippen LogP contribution in [-0.2, 0) is 20.9 Å². The summed E-state index contributed by atoms with van der Waals surface area (Å²) in [7, 11) is 1.98. The molecule has 4 rings (SSSR count). The zero-order valence-corrected chi connectivity index (χ0v) is 16.1. The van der Waals surface area contributed by atoms with Gasteiger partial charge < -0.3 is 19.4 Å². The highest BCUT2D eigenvalue weighted by Gasteiger charge is 2.54. The lowest BCUT2D eigenvalue weighted by Gasteiger charge is -2.43. The number of morpholine rings is 1. The first-order valence-corrected chi connectivity index (χ1v) is 9.75. The normalized spacial score (nSPS) is 25.2. The number of nitrogens with one attached hydrogen (secondary N) is 1. The van der Waals surface area contributed by atoms with Crippen LogP contribution in [0.15, 0.2) is 30.3 Å². The SMILES string of the molecule is CN1CCOC(C(=O)N2CCC3(CC2)C(=O)NC(=O)N3Cc2ccccc2)C1. The Bertz CT molecular complexity index is 761. The van der Waals surface area contributed by atoms with E-state index in [0.29, 0.717) is 45.6 Å². The van der Waals surface area contributed by atoms with Gasteiger partial charge in [-0.25, -0.2) is 4.79 Å². The van der Waals surface area contributed by atoms with Crippen molar-refractivity contribution in [3.05, 3.63) is 35.9 Å². The average molecular weight is 386 g/mol. The molecule has 0 saturated carbocycles. The number of hydrogen-bond acceptors (Lipinski definition) is 5. The summed E-state index contributed by atoms with van der Waals surface area (Å²) < 4.78 is 5.64. The molecule has 1 unspecified atom stereocenters. The molecule has 4 amide bonds. The Hall–Kier alpha value is -2.45. The molecule has 3 heterocycles.